The zero-order valence-electron chi connectivity index (χ0n) is 9.84. The van der Waals surface area contributed by atoms with Crippen LogP contribution in [0.1, 0.15) is 17.3 Å². The van der Waals surface area contributed by atoms with Gasteiger partial charge in [0.25, 0.3) is 5.91 Å². The molecule has 2 heterocycles. The summed E-state index contributed by atoms with van der Waals surface area (Å²) in [5.41, 5.74) is 0.527. The second-order valence-corrected chi connectivity index (χ2v) is 5.28. The molecule has 1 aliphatic heterocycles. The molecule has 1 saturated heterocycles. The number of likely N-dealkylation sites (tertiary alicyclic amines) is 1. The summed E-state index contributed by atoms with van der Waals surface area (Å²) in [6.45, 7) is 2.68. The SMILES string of the molecule is CC(C(=O)O)C1CN(C(=O)c2ccc(Br)nc2)C1. The molecule has 1 atom stereocenters. The summed E-state index contributed by atoms with van der Waals surface area (Å²) in [5.74, 6) is -1.26. The van der Waals surface area contributed by atoms with Crippen LogP contribution in [-0.4, -0.2) is 40.0 Å². The van der Waals surface area contributed by atoms with Gasteiger partial charge < -0.3 is 10.0 Å². The maximum Gasteiger partial charge on any atom is 0.306 e. The molecule has 1 N–H and O–H groups in total. The third-order valence-corrected chi connectivity index (χ3v) is 3.74. The number of nitrogens with zero attached hydrogens (tertiary/aromatic N) is 2. The van der Waals surface area contributed by atoms with Crippen molar-refractivity contribution < 1.29 is 14.7 Å². The molecule has 1 aliphatic rings. The number of hydrogen-bond donors (Lipinski definition) is 1. The van der Waals surface area contributed by atoms with Gasteiger partial charge in [0.05, 0.1) is 11.5 Å². The molecule has 1 amide bonds. The maximum atomic E-state index is 12.0. The Labute approximate surface area is 113 Å². The standard InChI is InChI=1S/C12H13BrN2O3/c1-7(12(17)18)9-5-15(6-9)11(16)8-2-3-10(13)14-4-8/h2-4,7,9H,5-6H2,1H3,(H,17,18). The van der Waals surface area contributed by atoms with Gasteiger partial charge in [-0.05, 0) is 28.1 Å². The number of aromatic nitrogens is 1. The van der Waals surface area contributed by atoms with Gasteiger partial charge in [-0.1, -0.05) is 6.92 Å². The summed E-state index contributed by atoms with van der Waals surface area (Å²) in [5, 5.41) is 8.87. The quantitative estimate of drug-likeness (QED) is 0.861. The molecule has 18 heavy (non-hydrogen) atoms. The number of amides is 1. The van der Waals surface area contributed by atoms with E-state index < -0.39 is 11.9 Å². The Hall–Kier alpha value is -1.43. The fourth-order valence-corrected chi connectivity index (χ4v) is 2.12. The Morgan fingerprint density at radius 3 is 2.67 bits per heavy atom. The highest BCUT2D eigenvalue weighted by molar-refractivity contribution is 9.10. The molecular formula is C12H13BrN2O3. The van der Waals surface area contributed by atoms with Crippen LogP contribution in [0.25, 0.3) is 0 Å². The lowest BCUT2D eigenvalue weighted by Gasteiger charge is -2.41. The number of carboxylic acid groups (broad SMARTS) is 1. The number of hydrogen-bond acceptors (Lipinski definition) is 3. The van der Waals surface area contributed by atoms with Gasteiger partial charge in [0, 0.05) is 25.2 Å². The summed E-state index contributed by atoms with van der Waals surface area (Å²) in [6, 6.07) is 3.41. The van der Waals surface area contributed by atoms with Crippen LogP contribution in [0, 0.1) is 11.8 Å². The number of carbonyl (C=O) groups excluding carboxylic acids is 1. The molecule has 1 unspecified atom stereocenters. The van der Waals surface area contributed by atoms with Gasteiger partial charge >= 0.3 is 5.97 Å². The fraction of sp³-hybridized carbons (Fsp3) is 0.417. The first-order chi connectivity index (χ1) is 8.49. The number of carboxylic acids is 1. The van der Waals surface area contributed by atoms with E-state index in [9.17, 15) is 9.59 Å². The predicted molar refractivity (Wildman–Crippen MR) is 68.1 cm³/mol. The molecule has 0 radical (unpaired) electrons. The first kappa shape index (κ1) is 13.0. The van der Waals surface area contributed by atoms with E-state index in [2.05, 4.69) is 20.9 Å². The average molecular weight is 313 g/mol. The second-order valence-electron chi connectivity index (χ2n) is 4.47. The Morgan fingerprint density at radius 1 is 1.50 bits per heavy atom. The van der Waals surface area contributed by atoms with Gasteiger partial charge in [0.2, 0.25) is 0 Å². The van der Waals surface area contributed by atoms with Gasteiger partial charge in [-0.25, -0.2) is 4.98 Å². The highest BCUT2D eigenvalue weighted by Crippen LogP contribution is 2.25. The molecule has 0 saturated carbocycles. The van der Waals surface area contributed by atoms with Crippen molar-refractivity contribution in [3.8, 4) is 0 Å². The minimum atomic E-state index is -0.808. The Bertz CT molecular complexity index is 469. The number of aliphatic carboxylic acids is 1. The number of pyridine rings is 1. The van der Waals surface area contributed by atoms with Crippen LogP contribution >= 0.6 is 15.9 Å². The summed E-state index contributed by atoms with van der Waals surface area (Å²) in [6.07, 6.45) is 1.51. The normalized spacial score (nSPS) is 17.1. The highest BCUT2D eigenvalue weighted by Gasteiger charge is 2.37. The molecule has 5 nitrogen and oxygen atoms in total. The van der Waals surface area contributed by atoms with Crippen molar-refractivity contribution >= 4 is 27.8 Å². The molecule has 2 rings (SSSR count). The maximum absolute atomic E-state index is 12.0. The minimum Gasteiger partial charge on any atom is -0.481 e. The van der Waals surface area contributed by atoms with E-state index in [1.54, 1.807) is 24.0 Å². The van der Waals surface area contributed by atoms with Crippen molar-refractivity contribution in [2.75, 3.05) is 13.1 Å². The predicted octanol–water partition coefficient (Wildman–Crippen LogP) is 1.64. The molecule has 96 valence electrons. The molecule has 0 aromatic carbocycles. The van der Waals surface area contributed by atoms with E-state index in [-0.39, 0.29) is 11.8 Å². The van der Waals surface area contributed by atoms with Crippen molar-refractivity contribution in [1.29, 1.82) is 0 Å². The topological polar surface area (TPSA) is 70.5 Å². The molecule has 0 aliphatic carbocycles. The van der Waals surface area contributed by atoms with Crippen molar-refractivity contribution in [3.63, 3.8) is 0 Å². The molecular weight excluding hydrogens is 300 g/mol. The van der Waals surface area contributed by atoms with E-state index in [1.165, 1.54) is 6.20 Å². The largest absolute Gasteiger partial charge is 0.481 e. The van der Waals surface area contributed by atoms with Gasteiger partial charge in [0.15, 0.2) is 0 Å². The number of carbonyl (C=O) groups is 2. The first-order valence-corrected chi connectivity index (χ1v) is 6.42. The van der Waals surface area contributed by atoms with Gasteiger partial charge in [0.1, 0.15) is 4.60 Å². The lowest BCUT2D eigenvalue weighted by molar-refractivity contribution is -0.144. The zero-order chi connectivity index (χ0) is 13.3. The molecule has 0 bridgehead atoms. The minimum absolute atomic E-state index is 0.0508. The molecule has 0 spiro atoms. The Morgan fingerprint density at radius 2 is 2.17 bits per heavy atom. The monoisotopic (exact) mass is 312 g/mol. The summed E-state index contributed by atoms with van der Waals surface area (Å²) in [4.78, 5) is 28.4. The highest BCUT2D eigenvalue weighted by atomic mass is 79.9. The molecule has 6 heteroatoms. The molecule has 1 fully saturated rings. The van der Waals surface area contributed by atoms with Crippen molar-refractivity contribution in [2.24, 2.45) is 11.8 Å². The lowest BCUT2D eigenvalue weighted by atomic mass is 9.87. The fourth-order valence-electron chi connectivity index (χ4n) is 1.88. The molecule has 1 aromatic heterocycles. The third kappa shape index (κ3) is 2.53. The zero-order valence-corrected chi connectivity index (χ0v) is 11.4. The summed E-state index contributed by atoms with van der Waals surface area (Å²) < 4.78 is 0.681. The van der Waals surface area contributed by atoms with Crippen LogP contribution in [0.4, 0.5) is 0 Å². The lowest BCUT2D eigenvalue weighted by Crippen LogP contribution is -2.53. The van der Waals surface area contributed by atoms with E-state index in [0.29, 0.717) is 23.3 Å². The van der Waals surface area contributed by atoms with Gasteiger partial charge in [-0.2, -0.15) is 0 Å². The average Bonchev–Trinajstić information content (AvgIpc) is 2.27. The van der Waals surface area contributed by atoms with Crippen LogP contribution < -0.4 is 0 Å². The van der Waals surface area contributed by atoms with Crippen LogP contribution in [0.5, 0.6) is 0 Å². The number of halogens is 1. The van der Waals surface area contributed by atoms with Crippen molar-refractivity contribution in [2.45, 2.75) is 6.92 Å². The van der Waals surface area contributed by atoms with Crippen LogP contribution in [0.3, 0.4) is 0 Å². The van der Waals surface area contributed by atoms with E-state index in [1.807, 2.05) is 0 Å². The van der Waals surface area contributed by atoms with Gasteiger partial charge in [-0.3, -0.25) is 9.59 Å². The molecule has 1 aromatic rings. The second kappa shape index (κ2) is 5.06. The van der Waals surface area contributed by atoms with E-state index in [0.717, 1.165) is 0 Å². The first-order valence-electron chi connectivity index (χ1n) is 5.62. The number of rotatable bonds is 3. The van der Waals surface area contributed by atoms with Crippen molar-refractivity contribution in [3.05, 3.63) is 28.5 Å². The Kier molecular flexibility index (Phi) is 3.65. The van der Waals surface area contributed by atoms with E-state index in [4.69, 9.17) is 5.11 Å². The van der Waals surface area contributed by atoms with Crippen LogP contribution in [-0.2, 0) is 4.79 Å². The van der Waals surface area contributed by atoms with Gasteiger partial charge in [-0.15, -0.1) is 0 Å². The third-order valence-electron chi connectivity index (χ3n) is 3.27. The smallest absolute Gasteiger partial charge is 0.306 e. The summed E-state index contributed by atoms with van der Waals surface area (Å²) >= 11 is 3.21. The summed E-state index contributed by atoms with van der Waals surface area (Å²) in [7, 11) is 0. The van der Waals surface area contributed by atoms with Crippen molar-refractivity contribution in [1.82, 2.24) is 9.88 Å². The van der Waals surface area contributed by atoms with Crippen LogP contribution in [0.2, 0.25) is 0 Å². The van der Waals surface area contributed by atoms with Crippen LogP contribution in [0.15, 0.2) is 22.9 Å². The Balaban J connectivity index is 1.94. The van der Waals surface area contributed by atoms with E-state index >= 15 is 0 Å².